The highest BCUT2D eigenvalue weighted by Crippen LogP contribution is 2.33. The molecule has 1 N–H and O–H groups in total. The first-order chi connectivity index (χ1) is 15.6. The van der Waals surface area contributed by atoms with E-state index in [0.717, 1.165) is 11.1 Å². The van der Waals surface area contributed by atoms with Crippen LogP contribution >= 0.6 is 11.6 Å². The third-order valence-electron chi connectivity index (χ3n) is 5.01. The first-order valence-electron chi connectivity index (χ1n) is 10.6. The number of halogens is 1. The lowest BCUT2D eigenvalue weighted by molar-refractivity contribution is -0.146. The molecule has 0 heterocycles. The molecule has 0 spiro atoms. The molecule has 2 rings (SSSR count). The molecule has 0 aromatic heterocycles. The normalized spacial score (nSPS) is 13.0. The Morgan fingerprint density at radius 3 is 1.76 bits per heavy atom. The van der Waals surface area contributed by atoms with Crippen LogP contribution in [0.1, 0.15) is 38.8 Å². The third-order valence-corrected chi connectivity index (χ3v) is 5.36. The van der Waals surface area contributed by atoms with Crippen molar-refractivity contribution in [1.29, 1.82) is 0 Å². The molecule has 2 aromatic carbocycles. The highest BCUT2D eigenvalue weighted by molar-refractivity contribution is 6.18. The van der Waals surface area contributed by atoms with E-state index in [1.54, 1.807) is 0 Å². The van der Waals surface area contributed by atoms with Gasteiger partial charge >= 0.3 is 11.9 Å². The van der Waals surface area contributed by atoms with Crippen molar-refractivity contribution >= 4 is 23.5 Å². The summed E-state index contributed by atoms with van der Waals surface area (Å²) in [4.78, 5) is 21.9. The zero-order chi connectivity index (χ0) is 24.4. The van der Waals surface area contributed by atoms with Crippen LogP contribution in [-0.2, 0) is 24.5 Å². The summed E-state index contributed by atoms with van der Waals surface area (Å²) in [6, 6.07) is 15.4. The van der Waals surface area contributed by atoms with Crippen LogP contribution in [0, 0.1) is 0 Å². The summed E-state index contributed by atoms with van der Waals surface area (Å²) in [5, 5.41) is 9.79. The lowest BCUT2D eigenvalue weighted by atomic mass is 9.78. The lowest BCUT2D eigenvalue weighted by Gasteiger charge is -2.26. The van der Waals surface area contributed by atoms with Crippen LogP contribution in [0.3, 0.4) is 0 Å². The fourth-order valence-corrected chi connectivity index (χ4v) is 3.24. The number of alkyl halides is 1. The Morgan fingerprint density at radius 1 is 0.848 bits per heavy atom. The predicted octanol–water partition coefficient (Wildman–Crippen LogP) is 3.86. The monoisotopic (exact) mass is 478 g/mol. The zero-order valence-corrected chi connectivity index (χ0v) is 20.1. The van der Waals surface area contributed by atoms with Gasteiger partial charge in [-0.2, -0.15) is 0 Å². The van der Waals surface area contributed by atoms with Crippen molar-refractivity contribution < 1.29 is 33.6 Å². The standard InChI is InChI=1S/C25H31ClO7/c1-17(27)30-14-21(29)15-31-22-9-5-19(6-10-22)25(3,4)20-7-11-23(12-8-20)32-16-24(13-26)33-18(2)28/h5-12,21,24,29H,13-16H2,1-4H3/t21-,24+/m1/s1. The van der Waals surface area contributed by atoms with Gasteiger partial charge in [-0.15, -0.1) is 11.6 Å². The van der Waals surface area contributed by atoms with Crippen LogP contribution in [0.2, 0.25) is 0 Å². The molecule has 0 radical (unpaired) electrons. The molecule has 0 saturated carbocycles. The predicted molar refractivity (Wildman–Crippen MR) is 125 cm³/mol. The van der Waals surface area contributed by atoms with Crippen LogP contribution in [0.4, 0.5) is 0 Å². The highest BCUT2D eigenvalue weighted by atomic mass is 35.5. The molecule has 8 heteroatoms. The zero-order valence-electron chi connectivity index (χ0n) is 19.4. The van der Waals surface area contributed by atoms with E-state index in [9.17, 15) is 14.7 Å². The molecule has 0 unspecified atom stereocenters. The highest BCUT2D eigenvalue weighted by Gasteiger charge is 2.23. The molecule has 180 valence electrons. The van der Waals surface area contributed by atoms with Gasteiger partial charge in [-0.25, -0.2) is 0 Å². The van der Waals surface area contributed by atoms with Gasteiger partial charge in [0.15, 0.2) is 0 Å². The Labute approximate surface area is 199 Å². The number of carbonyl (C=O) groups excluding carboxylic acids is 2. The third kappa shape index (κ3) is 8.59. The molecule has 0 amide bonds. The van der Waals surface area contributed by atoms with E-state index in [0.29, 0.717) is 11.5 Å². The van der Waals surface area contributed by atoms with Crippen LogP contribution in [-0.4, -0.2) is 55.0 Å². The molecule has 0 saturated heterocycles. The van der Waals surface area contributed by atoms with Gasteiger partial charge in [-0.1, -0.05) is 38.1 Å². The molecule has 2 atom stereocenters. The average Bonchev–Trinajstić information content (AvgIpc) is 2.79. The number of hydrogen-bond acceptors (Lipinski definition) is 7. The van der Waals surface area contributed by atoms with Crippen LogP contribution < -0.4 is 9.47 Å². The number of esters is 2. The maximum Gasteiger partial charge on any atom is 0.303 e. The molecule has 0 aliphatic rings. The summed E-state index contributed by atoms with van der Waals surface area (Å²) in [6.45, 7) is 6.97. The second-order valence-corrected chi connectivity index (χ2v) is 8.45. The van der Waals surface area contributed by atoms with E-state index in [1.807, 2.05) is 48.5 Å². The fourth-order valence-electron chi connectivity index (χ4n) is 3.09. The molecule has 33 heavy (non-hydrogen) atoms. The largest absolute Gasteiger partial charge is 0.491 e. The maximum absolute atomic E-state index is 11.1. The van der Waals surface area contributed by atoms with Gasteiger partial charge < -0.3 is 24.1 Å². The van der Waals surface area contributed by atoms with Crippen molar-refractivity contribution in [1.82, 2.24) is 0 Å². The Kier molecular flexibility index (Phi) is 10.0. The van der Waals surface area contributed by atoms with Gasteiger partial charge in [-0.3, -0.25) is 9.59 Å². The van der Waals surface area contributed by atoms with E-state index >= 15 is 0 Å². The van der Waals surface area contributed by atoms with Crippen LogP contribution in [0.15, 0.2) is 48.5 Å². The SMILES string of the molecule is CC(=O)OC[C@@H](O)COc1ccc(C(C)(C)c2ccc(OC[C@H](CCl)OC(C)=O)cc2)cc1. The van der Waals surface area contributed by atoms with Gasteiger partial charge in [0.25, 0.3) is 0 Å². The van der Waals surface area contributed by atoms with Crippen molar-refractivity contribution in [3.8, 4) is 11.5 Å². The Hall–Kier alpha value is -2.77. The van der Waals surface area contributed by atoms with Crippen LogP contribution in [0.25, 0.3) is 0 Å². The lowest BCUT2D eigenvalue weighted by Crippen LogP contribution is -2.25. The number of ether oxygens (including phenoxy) is 4. The smallest absolute Gasteiger partial charge is 0.303 e. The Bertz CT molecular complexity index is 894. The Morgan fingerprint density at radius 2 is 1.33 bits per heavy atom. The van der Waals surface area contributed by atoms with Gasteiger partial charge in [0.05, 0.1) is 5.88 Å². The number of aliphatic hydroxyl groups excluding tert-OH is 1. The van der Waals surface area contributed by atoms with Gasteiger partial charge in [0.2, 0.25) is 0 Å². The van der Waals surface area contributed by atoms with Crippen molar-refractivity contribution in [2.75, 3.05) is 25.7 Å². The summed E-state index contributed by atoms with van der Waals surface area (Å²) in [5.74, 6) is 0.600. The second kappa shape index (κ2) is 12.5. The quantitative estimate of drug-likeness (QED) is 0.366. The first kappa shape index (κ1) is 26.5. The summed E-state index contributed by atoms with van der Waals surface area (Å²) < 4.78 is 21.1. The van der Waals surface area contributed by atoms with Crippen molar-refractivity contribution in [2.24, 2.45) is 0 Å². The van der Waals surface area contributed by atoms with E-state index in [1.165, 1.54) is 13.8 Å². The van der Waals surface area contributed by atoms with Gasteiger partial charge in [0, 0.05) is 19.3 Å². The van der Waals surface area contributed by atoms with E-state index in [-0.39, 0.29) is 31.1 Å². The topological polar surface area (TPSA) is 91.3 Å². The summed E-state index contributed by atoms with van der Waals surface area (Å²) in [6.07, 6.45) is -1.39. The minimum atomic E-state index is -0.889. The van der Waals surface area contributed by atoms with E-state index in [2.05, 4.69) is 13.8 Å². The molecular formula is C25H31ClO7. The number of carbonyl (C=O) groups is 2. The maximum atomic E-state index is 11.1. The minimum absolute atomic E-state index is 0.0273. The van der Waals surface area contributed by atoms with Crippen molar-refractivity contribution in [3.63, 3.8) is 0 Å². The van der Waals surface area contributed by atoms with Crippen molar-refractivity contribution in [3.05, 3.63) is 59.7 Å². The summed E-state index contributed by atoms with van der Waals surface area (Å²) in [7, 11) is 0. The number of hydrogen-bond donors (Lipinski definition) is 1. The first-order valence-corrected chi connectivity index (χ1v) is 11.2. The molecular weight excluding hydrogens is 448 g/mol. The van der Waals surface area contributed by atoms with Crippen molar-refractivity contribution in [2.45, 2.75) is 45.3 Å². The number of rotatable bonds is 12. The van der Waals surface area contributed by atoms with Gasteiger partial charge in [0.1, 0.15) is 43.5 Å². The molecule has 7 nitrogen and oxygen atoms in total. The summed E-state index contributed by atoms with van der Waals surface area (Å²) in [5.41, 5.74) is 1.90. The average molecular weight is 479 g/mol. The minimum Gasteiger partial charge on any atom is -0.491 e. The molecule has 0 bridgehead atoms. The number of aliphatic hydroxyl groups is 1. The Balaban J connectivity index is 1.95. The molecule has 0 aliphatic heterocycles. The van der Waals surface area contributed by atoms with E-state index in [4.69, 9.17) is 30.5 Å². The summed E-state index contributed by atoms with van der Waals surface area (Å²) >= 11 is 5.81. The second-order valence-electron chi connectivity index (χ2n) is 8.14. The fraction of sp³-hybridized carbons (Fsp3) is 0.440. The number of benzene rings is 2. The van der Waals surface area contributed by atoms with E-state index < -0.39 is 24.1 Å². The van der Waals surface area contributed by atoms with Crippen LogP contribution in [0.5, 0.6) is 11.5 Å². The van der Waals surface area contributed by atoms with Gasteiger partial charge in [-0.05, 0) is 35.4 Å². The molecule has 0 fully saturated rings. The molecule has 0 aliphatic carbocycles. The molecule has 2 aromatic rings.